The fourth-order valence-electron chi connectivity index (χ4n) is 3.50. The van der Waals surface area contributed by atoms with Crippen molar-refractivity contribution in [3.05, 3.63) is 36.0 Å². The summed E-state index contributed by atoms with van der Waals surface area (Å²) in [6.45, 7) is -0.226. The Morgan fingerprint density at radius 1 is 1.38 bits per heavy atom. The Morgan fingerprint density at radius 3 is 2.88 bits per heavy atom. The lowest BCUT2D eigenvalue weighted by molar-refractivity contribution is -0.262. The quantitative estimate of drug-likeness (QED) is 0.616. The molecular formula is C16H17NO7. The third-order valence-electron chi connectivity index (χ3n) is 4.78. The molecule has 2 fully saturated rings. The molecule has 2 aromatic rings. The van der Waals surface area contributed by atoms with Crippen molar-refractivity contribution >= 4 is 16.9 Å². The van der Waals surface area contributed by atoms with Crippen LogP contribution in [0.2, 0.25) is 0 Å². The number of carbonyl (C=O) groups excluding carboxylic acids is 1. The lowest BCUT2D eigenvalue weighted by Gasteiger charge is -2.31. The summed E-state index contributed by atoms with van der Waals surface area (Å²) in [7, 11) is 1.49. The molecule has 128 valence electrons. The van der Waals surface area contributed by atoms with Gasteiger partial charge in [0.1, 0.15) is 13.2 Å². The molecule has 4 atom stereocenters. The van der Waals surface area contributed by atoms with Crippen LogP contribution in [0.4, 0.5) is 0 Å². The van der Waals surface area contributed by atoms with Gasteiger partial charge >= 0.3 is 5.97 Å². The van der Waals surface area contributed by atoms with Crippen molar-refractivity contribution in [1.82, 2.24) is 4.73 Å². The summed E-state index contributed by atoms with van der Waals surface area (Å²) < 4.78 is 11.6. The van der Waals surface area contributed by atoms with E-state index in [1.165, 1.54) is 11.8 Å². The fraction of sp³-hybridized carbons (Fsp3) is 0.438. The number of esters is 1. The van der Waals surface area contributed by atoms with Crippen LogP contribution in [0.25, 0.3) is 10.9 Å². The lowest BCUT2D eigenvalue weighted by Crippen LogP contribution is -2.59. The number of para-hydroxylation sites is 1. The molecule has 8 heteroatoms. The number of benzene rings is 1. The Hall–Kier alpha value is -2.13. The van der Waals surface area contributed by atoms with Crippen LogP contribution in [-0.2, 0) is 20.7 Å². The predicted octanol–water partition coefficient (Wildman–Crippen LogP) is -1.02. The number of hydrogen-bond acceptors (Lipinski definition) is 7. The third-order valence-corrected chi connectivity index (χ3v) is 4.78. The highest BCUT2D eigenvalue weighted by molar-refractivity contribution is 5.88. The van der Waals surface area contributed by atoms with Crippen LogP contribution < -0.4 is 4.84 Å². The van der Waals surface area contributed by atoms with Gasteiger partial charge in [0.05, 0.1) is 12.1 Å². The van der Waals surface area contributed by atoms with Gasteiger partial charge in [-0.25, -0.2) is 4.79 Å². The molecule has 1 aromatic carbocycles. The molecule has 2 saturated heterocycles. The van der Waals surface area contributed by atoms with Crippen molar-refractivity contribution < 1.29 is 34.4 Å². The average Bonchev–Trinajstić information content (AvgIpc) is 3.14. The molecule has 2 aliphatic rings. The molecule has 3 heterocycles. The summed E-state index contributed by atoms with van der Waals surface area (Å²) in [4.78, 5) is 17.5. The topological polar surface area (TPSA) is 110 Å². The second-order valence-corrected chi connectivity index (χ2v) is 6.12. The summed E-state index contributed by atoms with van der Waals surface area (Å²) in [5.41, 5.74) is -0.996. The zero-order valence-electron chi connectivity index (χ0n) is 12.9. The van der Waals surface area contributed by atoms with Crippen LogP contribution in [0.3, 0.4) is 0 Å². The van der Waals surface area contributed by atoms with Gasteiger partial charge in [-0.1, -0.05) is 18.2 Å². The molecule has 2 aliphatic heterocycles. The molecule has 24 heavy (non-hydrogen) atoms. The molecule has 0 radical (unpaired) electrons. The van der Waals surface area contributed by atoms with Gasteiger partial charge in [0.15, 0.2) is 6.10 Å². The van der Waals surface area contributed by atoms with Gasteiger partial charge in [-0.15, -0.1) is 0 Å². The second kappa shape index (κ2) is 4.93. The first kappa shape index (κ1) is 15.4. The first-order valence-corrected chi connectivity index (χ1v) is 7.52. The van der Waals surface area contributed by atoms with Crippen molar-refractivity contribution in [2.45, 2.75) is 30.0 Å². The summed E-state index contributed by atoms with van der Waals surface area (Å²) in [6.07, 6.45) is -1.13. The molecule has 1 aromatic heterocycles. The standard InChI is InChI=1S/C16H17NO7/c1-22-17-7-9(10-4-2-3-5-11(10)17)6-15(20)14(19)24-13-12(18)8-23-16(13,15)21/h2-5,7,12-13,18,20-21H,6,8H2,1H3. The Balaban J connectivity index is 1.79. The number of aliphatic hydroxyl groups is 3. The van der Waals surface area contributed by atoms with Crippen LogP contribution in [0.1, 0.15) is 5.56 Å². The molecule has 0 aliphatic carbocycles. The van der Waals surface area contributed by atoms with E-state index in [4.69, 9.17) is 14.3 Å². The van der Waals surface area contributed by atoms with E-state index in [0.29, 0.717) is 5.56 Å². The third kappa shape index (κ3) is 1.79. The Labute approximate surface area is 136 Å². The number of rotatable bonds is 3. The van der Waals surface area contributed by atoms with Gasteiger partial charge in [0, 0.05) is 18.0 Å². The van der Waals surface area contributed by atoms with E-state index in [-0.39, 0.29) is 13.0 Å². The zero-order chi connectivity index (χ0) is 17.1. The van der Waals surface area contributed by atoms with E-state index < -0.39 is 29.6 Å². The minimum Gasteiger partial charge on any atom is -0.451 e. The van der Waals surface area contributed by atoms with Gasteiger partial charge in [0.25, 0.3) is 0 Å². The summed E-state index contributed by atoms with van der Waals surface area (Å²) in [5, 5.41) is 32.1. The van der Waals surface area contributed by atoms with Crippen molar-refractivity contribution in [2.75, 3.05) is 13.7 Å². The van der Waals surface area contributed by atoms with Crippen LogP contribution in [0, 0.1) is 0 Å². The highest BCUT2D eigenvalue weighted by Crippen LogP contribution is 2.45. The molecule has 0 amide bonds. The SMILES string of the molecule is COn1cc(CC2(O)C(=O)OC3C(O)COC32O)c2ccccc21. The maximum Gasteiger partial charge on any atom is 0.344 e. The Bertz CT molecular complexity index is 818. The molecule has 3 N–H and O–H groups in total. The van der Waals surface area contributed by atoms with E-state index in [9.17, 15) is 20.1 Å². The Kier molecular flexibility index (Phi) is 3.17. The first-order chi connectivity index (χ1) is 11.4. The van der Waals surface area contributed by atoms with E-state index in [0.717, 1.165) is 10.9 Å². The maximum absolute atomic E-state index is 12.2. The molecule has 4 unspecified atom stereocenters. The summed E-state index contributed by atoms with van der Waals surface area (Å²) in [5.74, 6) is -3.32. The highest BCUT2D eigenvalue weighted by atomic mass is 16.7. The van der Waals surface area contributed by atoms with Crippen molar-refractivity contribution in [1.29, 1.82) is 0 Å². The largest absolute Gasteiger partial charge is 0.451 e. The average molecular weight is 335 g/mol. The molecule has 0 bridgehead atoms. The summed E-state index contributed by atoms with van der Waals surface area (Å²) in [6, 6.07) is 7.29. The predicted molar refractivity (Wildman–Crippen MR) is 79.9 cm³/mol. The van der Waals surface area contributed by atoms with Crippen LogP contribution in [-0.4, -0.2) is 63.3 Å². The maximum atomic E-state index is 12.2. The van der Waals surface area contributed by atoms with Gasteiger partial charge in [-0.2, -0.15) is 4.73 Å². The van der Waals surface area contributed by atoms with Gasteiger partial charge in [0.2, 0.25) is 11.4 Å². The lowest BCUT2D eigenvalue weighted by atomic mass is 9.85. The molecule has 0 spiro atoms. The first-order valence-electron chi connectivity index (χ1n) is 7.52. The number of ether oxygens (including phenoxy) is 2. The monoisotopic (exact) mass is 335 g/mol. The van der Waals surface area contributed by atoms with Crippen LogP contribution in [0.5, 0.6) is 0 Å². The van der Waals surface area contributed by atoms with Gasteiger partial charge in [-0.3, -0.25) is 0 Å². The molecule has 8 nitrogen and oxygen atoms in total. The zero-order valence-corrected chi connectivity index (χ0v) is 12.9. The smallest absolute Gasteiger partial charge is 0.344 e. The normalized spacial score (nSPS) is 35.2. The summed E-state index contributed by atoms with van der Waals surface area (Å²) >= 11 is 0. The minimum absolute atomic E-state index is 0.226. The molecule has 0 saturated carbocycles. The molecule has 4 rings (SSSR count). The minimum atomic E-state index is -2.32. The van der Waals surface area contributed by atoms with Crippen molar-refractivity contribution in [3.63, 3.8) is 0 Å². The van der Waals surface area contributed by atoms with Crippen LogP contribution in [0.15, 0.2) is 30.5 Å². The van der Waals surface area contributed by atoms with E-state index in [2.05, 4.69) is 0 Å². The second-order valence-electron chi connectivity index (χ2n) is 6.12. The number of aromatic nitrogens is 1. The highest BCUT2D eigenvalue weighted by Gasteiger charge is 2.73. The van der Waals surface area contributed by atoms with E-state index in [1.54, 1.807) is 6.20 Å². The number of aliphatic hydroxyl groups excluding tert-OH is 1. The van der Waals surface area contributed by atoms with E-state index in [1.807, 2.05) is 24.3 Å². The van der Waals surface area contributed by atoms with Gasteiger partial charge < -0.3 is 29.6 Å². The van der Waals surface area contributed by atoms with Gasteiger partial charge in [-0.05, 0) is 11.6 Å². The number of nitrogens with zero attached hydrogens (tertiary/aromatic N) is 1. The molecular weight excluding hydrogens is 318 g/mol. The number of fused-ring (bicyclic) bond motifs is 2. The Morgan fingerprint density at radius 2 is 2.12 bits per heavy atom. The fourth-order valence-corrected chi connectivity index (χ4v) is 3.50. The number of hydrogen-bond donors (Lipinski definition) is 3. The number of carbonyl (C=O) groups is 1. The van der Waals surface area contributed by atoms with Crippen LogP contribution >= 0.6 is 0 Å². The van der Waals surface area contributed by atoms with E-state index >= 15 is 0 Å². The van der Waals surface area contributed by atoms with Crippen molar-refractivity contribution in [2.24, 2.45) is 0 Å². The van der Waals surface area contributed by atoms with Crippen molar-refractivity contribution in [3.8, 4) is 0 Å².